The average molecular weight is 250 g/mol. The van der Waals surface area contributed by atoms with Crippen LogP contribution in [0.15, 0.2) is 18.2 Å². The van der Waals surface area contributed by atoms with Crippen molar-refractivity contribution in [1.29, 1.82) is 5.26 Å². The predicted molar refractivity (Wildman–Crippen MR) is 67.2 cm³/mol. The average Bonchev–Trinajstić information content (AvgIpc) is 2.38. The third kappa shape index (κ3) is 3.91. The first kappa shape index (κ1) is 14.3. The van der Waals surface area contributed by atoms with E-state index in [1.165, 1.54) is 7.11 Å². The van der Waals surface area contributed by atoms with E-state index in [-0.39, 0.29) is 6.61 Å². The minimum Gasteiger partial charge on any atom is -0.493 e. The van der Waals surface area contributed by atoms with E-state index in [4.69, 9.17) is 25.6 Å². The maximum atomic E-state index is 9.01. The molecule has 0 saturated heterocycles. The first-order valence-corrected chi connectivity index (χ1v) is 5.63. The second kappa shape index (κ2) is 6.24. The zero-order valence-electron chi connectivity index (χ0n) is 10.6. The summed E-state index contributed by atoms with van der Waals surface area (Å²) in [7, 11) is 1.53. The van der Waals surface area contributed by atoms with E-state index in [1.54, 1.807) is 25.1 Å². The number of hydrogen-bond donors (Lipinski definition) is 2. The highest BCUT2D eigenvalue weighted by Crippen LogP contribution is 2.28. The number of nitrogens with zero attached hydrogens (tertiary/aromatic N) is 1. The molecule has 0 spiro atoms. The number of methoxy groups -OCH3 is 1. The fourth-order valence-electron chi connectivity index (χ4n) is 1.36. The molecular formula is C13H18N2O3. The van der Waals surface area contributed by atoms with Crippen LogP contribution in [0.4, 0.5) is 0 Å². The van der Waals surface area contributed by atoms with Gasteiger partial charge in [-0.25, -0.2) is 0 Å². The highest BCUT2D eigenvalue weighted by Gasteiger charge is 2.17. The van der Waals surface area contributed by atoms with Gasteiger partial charge in [-0.2, -0.15) is 5.26 Å². The molecule has 5 heteroatoms. The summed E-state index contributed by atoms with van der Waals surface area (Å²) in [6.45, 7) is 1.93. The molecule has 0 radical (unpaired) electrons. The van der Waals surface area contributed by atoms with Crippen LogP contribution in [0.25, 0.3) is 0 Å². The molecule has 0 fully saturated rings. The Hall–Kier alpha value is -1.77. The summed E-state index contributed by atoms with van der Waals surface area (Å²) in [4.78, 5) is 0. The molecule has 0 bridgehead atoms. The van der Waals surface area contributed by atoms with E-state index < -0.39 is 5.54 Å². The van der Waals surface area contributed by atoms with Gasteiger partial charge in [0, 0.05) is 6.42 Å². The van der Waals surface area contributed by atoms with Gasteiger partial charge in [0.2, 0.25) is 0 Å². The predicted octanol–water partition coefficient (Wildman–Crippen LogP) is 1.20. The van der Waals surface area contributed by atoms with Crippen molar-refractivity contribution in [2.75, 3.05) is 13.7 Å². The monoisotopic (exact) mass is 250 g/mol. The third-order valence-electron chi connectivity index (χ3n) is 2.54. The summed E-state index contributed by atoms with van der Waals surface area (Å²) in [6, 6.07) is 7.20. The van der Waals surface area contributed by atoms with Crippen LogP contribution in [0.1, 0.15) is 18.9 Å². The molecule has 0 aliphatic rings. The number of hydrogen-bond acceptors (Lipinski definition) is 5. The standard InChI is InChI=1S/C13H18N2O3/c1-13(15,9-14)5-6-18-11-4-3-10(8-16)7-12(11)17-2/h3-4,7,16H,5-6,8,15H2,1-2H3. The van der Waals surface area contributed by atoms with Gasteiger partial charge in [0.1, 0.15) is 5.54 Å². The van der Waals surface area contributed by atoms with Crippen LogP contribution in [0, 0.1) is 11.3 Å². The molecule has 1 aromatic carbocycles. The van der Waals surface area contributed by atoms with Crippen molar-refractivity contribution < 1.29 is 14.6 Å². The Kier molecular flexibility index (Phi) is 4.95. The van der Waals surface area contributed by atoms with Crippen molar-refractivity contribution in [3.8, 4) is 17.6 Å². The van der Waals surface area contributed by atoms with Crippen LogP contribution in [-0.2, 0) is 6.61 Å². The Labute approximate surface area is 107 Å². The molecule has 5 nitrogen and oxygen atoms in total. The van der Waals surface area contributed by atoms with Crippen LogP contribution in [-0.4, -0.2) is 24.4 Å². The molecule has 1 atom stereocenters. The number of benzene rings is 1. The molecule has 0 saturated carbocycles. The number of aliphatic hydroxyl groups excluding tert-OH is 1. The SMILES string of the molecule is COc1cc(CO)ccc1OCCC(C)(N)C#N. The Morgan fingerprint density at radius 2 is 2.17 bits per heavy atom. The van der Waals surface area contributed by atoms with Crippen molar-refractivity contribution in [2.45, 2.75) is 25.5 Å². The van der Waals surface area contributed by atoms with Gasteiger partial charge in [-0.3, -0.25) is 0 Å². The lowest BCUT2D eigenvalue weighted by Gasteiger charge is -2.16. The van der Waals surface area contributed by atoms with Gasteiger partial charge in [-0.1, -0.05) is 6.07 Å². The first-order chi connectivity index (χ1) is 8.52. The fraction of sp³-hybridized carbons (Fsp3) is 0.462. The minimum atomic E-state index is -0.891. The van der Waals surface area contributed by atoms with Crippen LogP contribution in [0.3, 0.4) is 0 Å². The molecule has 1 rings (SSSR count). The number of nitrogens with two attached hydrogens (primary N) is 1. The van der Waals surface area contributed by atoms with Crippen molar-refractivity contribution in [3.05, 3.63) is 23.8 Å². The van der Waals surface area contributed by atoms with Crippen molar-refractivity contribution in [3.63, 3.8) is 0 Å². The van der Waals surface area contributed by atoms with E-state index in [1.807, 2.05) is 6.07 Å². The molecule has 1 unspecified atom stereocenters. The van der Waals surface area contributed by atoms with Crippen molar-refractivity contribution in [2.24, 2.45) is 5.73 Å². The van der Waals surface area contributed by atoms with E-state index >= 15 is 0 Å². The molecule has 18 heavy (non-hydrogen) atoms. The van der Waals surface area contributed by atoms with Gasteiger partial charge in [0.25, 0.3) is 0 Å². The summed E-state index contributed by atoms with van der Waals surface area (Å²) in [6.07, 6.45) is 0.425. The molecule has 0 aliphatic heterocycles. The van der Waals surface area contributed by atoms with Crippen molar-refractivity contribution >= 4 is 0 Å². The highest BCUT2D eigenvalue weighted by molar-refractivity contribution is 5.42. The summed E-state index contributed by atoms with van der Waals surface area (Å²) in [5.41, 5.74) is 5.55. The van der Waals surface area contributed by atoms with E-state index in [0.29, 0.717) is 24.5 Å². The Morgan fingerprint density at radius 3 is 2.72 bits per heavy atom. The van der Waals surface area contributed by atoms with Crippen LogP contribution in [0.2, 0.25) is 0 Å². The Bertz CT molecular complexity index is 438. The molecule has 1 aromatic rings. The summed E-state index contributed by atoms with van der Waals surface area (Å²) < 4.78 is 10.7. The molecule has 98 valence electrons. The third-order valence-corrected chi connectivity index (χ3v) is 2.54. The lowest BCUT2D eigenvalue weighted by Crippen LogP contribution is -2.35. The van der Waals surface area contributed by atoms with Crippen LogP contribution in [0.5, 0.6) is 11.5 Å². The summed E-state index contributed by atoms with van der Waals surface area (Å²) in [5, 5.41) is 17.8. The quantitative estimate of drug-likeness (QED) is 0.792. The maximum Gasteiger partial charge on any atom is 0.161 e. The first-order valence-electron chi connectivity index (χ1n) is 5.63. The molecule has 0 aromatic heterocycles. The zero-order chi connectivity index (χ0) is 13.6. The summed E-state index contributed by atoms with van der Waals surface area (Å²) >= 11 is 0. The van der Waals surface area contributed by atoms with E-state index in [9.17, 15) is 0 Å². The second-order valence-electron chi connectivity index (χ2n) is 4.27. The maximum absolute atomic E-state index is 9.01. The fourth-order valence-corrected chi connectivity index (χ4v) is 1.36. The van der Waals surface area contributed by atoms with E-state index in [2.05, 4.69) is 0 Å². The molecule has 0 aliphatic carbocycles. The molecule has 0 heterocycles. The molecule has 0 amide bonds. The molecule has 3 N–H and O–H groups in total. The highest BCUT2D eigenvalue weighted by atomic mass is 16.5. The zero-order valence-corrected chi connectivity index (χ0v) is 10.6. The Balaban J connectivity index is 2.65. The van der Waals surface area contributed by atoms with Crippen molar-refractivity contribution in [1.82, 2.24) is 0 Å². The van der Waals surface area contributed by atoms with Gasteiger partial charge in [-0.05, 0) is 24.6 Å². The smallest absolute Gasteiger partial charge is 0.161 e. The van der Waals surface area contributed by atoms with Gasteiger partial charge in [0.05, 0.1) is 26.4 Å². The van der Waals surface area contributed by atoms with Gasteiger partial charge in [-0.15, -0.1) is 0 Å². The number of ether oxygens (including phenoxy) is 2. The Morgan fingerprint density at radius 1 is 1.44 bits per heavy atom. The van der Waals surface area contributed by atoms with Gasteiger partial charge < -0.3 is 20.3 Å². The normalized spacial score (nSPS) is 13.5. The minimum absolute atomic E-state index is 0.0497. The van der Waals surface area contributed by atoms with Gasteiger partial charge in [0.15, 0.2) is 11.5 Å². The second-order valence-corrected chi connectivity index (χ2v) is 4.27. The van der Waals surface area contributed by atoms with Gasteiger partial charge >= 0.3 is 0 Å². The lowest BCUT2D eigenvalue weighted by atomic mass is 10.0. The van der Waals surface area contributed by atoms with Crippen LogP contribution < -0.4 is 15.2 Å². The van der Waals surface area contributed by atoms with Crippen LogP contribution >= 0.6 is 0 Å². The molecular weight excluding hydrogens is 232 g/mol. The number of rotatable bonds is 6. The lowest BCUT2D eigenvalue weighted by molar-refractivity contribution is 0.266. The summed E-state index contributed by atoms with van der Waals surface area (Å²) in [5.74, 6) is 1.13. The largest absolute Gasteiger partial charge is 0.493 e. The number of nitriles is 1. The van der Waals surface area contributed by atoms with E-state index in [0.717, 1.165) is 5.56 Å². The number of aliphatic hydroxyl groups is 1. The topological polar surface area (TPSA) is 88.5 Å².